The smallest absolute Gasteiger partial charge is 0.149 e. The van der Waals surface area contributed by atoms with E-state index in [0.717, 1.165) is 36.3 Å². The van der Waals surface area contributed by atoms with Crippen molar-refractivity contribution in [2.75, 3.05) is 0 Å². The lowest BCUT2D eigenvalue weighted by Gasteiger charge is -2.22. The molecule has 0 saturated heterocycles. The molecule has 0 amide bonds. The number of unbranched alkanes of at least 4 members (excludes halogenated alkanes) is 2. The maximum atomic E-state index is 14.8. The van der Waals surface area contributed by atoms with E-state index in [0.29, 0.717) is 5.56 Å². The Balaban J connectivity index is 1.70. The van der Waals surface area contributed by atoms with E-state index in [-0.39, 0.29) is 10.8 Å². The van der Waals surface area contributed by atoms with Gasteiger partial charge in [0.2, 0.25) is 0 Å². The number of allylic oxidation sites excluding steroid dienone is 2. The van der Waals surface area contributed by atoms with Gasteiger partial charge in [-0.15, -0.1) is 0 Å². The average molecular weight is 399 g/mol. The standard InChI is InChI=1S/C26H32ClF/c1-3-5-6-8-19-9-11-20(12-10-19)21-13-15-22(16-14-21)24-18-17-23(7-4-2)25(27)26(24)28/h11,13-19H,3-10,12H2,1-2H3. The molecule has 1 aliphatic carbocycles. The monoisotopic (exact) mass is 398 g/mol. The molecule has 0 fully saturated rings. The molecule has 0 nitrogen and oxygen atoms in total. The molecule has 2 aromatic rings. The molecular formula is C26H32ClF. The Labute approximate surface area is 174 Å². The van der Waals surface area contributed by atoms with Gasteiger partial charge >= 0.3 is 0 Å². The second-order valence-corrected chi connectivity index (χ2v) is 8.47. The Morgan fingerprint density at radius 1 is 0.964 bits per heavy atom. The molecule has 150 valence electrons. The Kier molecular flexibility index (Phi) is 7.73. The number of hydrogen-bond acceptors (Lipinski definition) is 0. The van der Waals surface area contributed by atoms with Crippen LogP contribution in [0.5, 0.6) is 0 Å². The number of rotatable bonds is 8. The van der Waals surface area contributed by atoms with Crippen molar-refractivity contribution < 1.29 is 4.39 Å². The lowest BCUT2D eigenvalue weighted by Crippen LogP contribution is -2.05. The summed E-state index contributed by atoms with van der Waals surface area (Å²) in [5.74, 6) is 0.555. The minimum atomic E-state index is -0.299. The molecule has 0 radical (unpaired) electrons. The summed E-state index contributed by atoms with van der Waals surface area (Å²) in [7, 11) is 0. The Hall–Kier alpha value is -1.60. The number of halogens is 2. The fourth-order valence-corrected chi connectivity index (χ4v) is 4.49. The van der Waals surface area contributed by atoms with Crippen LogP contribution in [0.25, 0.3) is 16.7 Å². The first kappa shape index (κ1) is 21.1. The summed E-state index contributed by atoms with van der Waals surface area (Å²) < 4.78 is 14.8. The molecule has 0 N–H and O–H groups in total. The zero-order chi connectivity index (χ0) is 19.9. The molecule has 0 aromatic heterocycles. The van der Waals surface area contributed by atoms with Gasteiger partial charge in [-0.2, -0.15) is 0 Å². The van der Waals surface area contributed by atoms with Gasteiger partial charge in [-0.1, -0.05) is 100 Å². The largest absolute Gasteiger partial charge is 0.205 e. The Morgan fingerprint density at radius 3 is 2.36 bits per heavy atom. The highest BCUT2D eigenvalue weighted by atomic mass is 35.5. The first-order chi connectivity index (χ1) is 13.6. The zero-order valence-corrected chi connectivity index (χ0v) is 18.0. The molecule has 1 aliphatic rings. The highest BCUT2D eigenvalue weighted by Crippen LogP contribution is 2.35. The molecule has 0 bridgehead atoms. The fraction of sp³-hybridized carbons (Fsp3) is 0.462. The highest BCUT2D eigenvalue weighted by Gasteiger charge is 2.16. The molecule has 0 spiro atoms. The summed E-state index contributed by atoms with van der Waals surface area (Å²) in [4.78, 5) is 0. The molecule has 0 heterocycles. The van der Waals surface area contributed by atoms with Gasteiger partial charge in [0, 0.05) is 5.56 Å². The first-order valence-electron chi connectivity index (χ1n) is 10.9. The van der Waals surface area contributed by atoms with Crippen molar-refractivity contribution in [1.82, 2.24) is 0 Å². The first-order valence-corrected chi connectivity index (χ1v) is 11.3. The summed E-state index contributed by atoms with van der Waals surface area (Å²) in [5, 5.41) is 0.271. The normalized spacial score (nSPS) is 16.9. The molecule has 2 heteroatoms. The van der Waals surface area contributed by atoms with Gasteiger partial charge in [0.25, 0.3) is 0 Å². The van der Waals surface area contributed by atoms with Gasteiger partial charge in [0.15, 0.2) is 0 Å². The summed E-state index contributed by atoms with van der Waals surface area (Å²) in [6, 6.07) is 12.1. The van der Waals surface area contributed by atoms with Gasteiger partial charge in [-0.25, -0.2) is 4.39 Å². The third kappa shape index (κ3) is 5.06. The van der Waals surface area contributed by atoms with Crippen LogP contribution in [0.2, 0.25) is 5.02 Å². The van der Waals surface area contributed by atoms with Gasteiger partial charge in [-0.05, 0) is 53.9 Å². The molecule has 1 unspecified atom stereocenters. The second kappa shape index (κ2) is 10.3. The van der Waals surface area contributed by atoms with Crippen LogP contribution in [0.1, 0.15) is 76.3 Å². The minimum absolute atomic E-state index is 0.271. The van der Waals surface area contributed by atoms with Crippen molar-refractivity contribution in [3.8, 4) is 11.1 Å². The van der Waals surface area contributed by atoms with Crippen molar-refractivity contribution in [3.05, 3.63) is 64.4 Å². The van der Waals surface area contributed by atoms with Crippen LogP contribution < -0.4 is 0 Å². The summed E-state index contributed by atoms with van der Waals surface area (Å²) in [5.41, 5.74) is 5.08. The maximum Gasteiger partial charge on any atom is 0.149 e. The average Bonchev–Trinajstić information content (AvgIpc) is 2.73. The third-order valence-corrected chi connectivity index (χ3v) is 6.39. The molecule has 1 atom stereocenters. The fourth-order valence-electron chi connectivity index (χ4n) is 4.23. The predicted octanol–water partition coefficient (Wildman–Crippen LogP) is 8.86. The van der Waals surface area contributed by atoms with E-state index in [1.807, 2.05) is 24.3 Å². The van der Waals surface area contributed by atoms with E-state index in [2.05, 4.69) is 32.1 Å². The van der Waals surface area contributed by atoms with Crippen molar-refractivity contribution in [2.45, 2.75) is 71.6 Å². The Bertz CT molecular complexity index is 804. The molecule has 3 rings (SSSR count). The van der Waals surface area contributed by atoms with Crippen LogP contribution in [0.3, 0.4) is 0 Å². The molecule has 0 aliphatic heterocycles. The predicted molar refractivity (Wildman–Crippen MR) is 120 cm³/mol. The van der Waals surface area contributed by atoms with E-state index in [1.165, 1.54) is 49.7 Å². The molecule has 28 heavy (non-hydrogen) atoms. The van der Waals surface area contributed by atoms with Gasteiger partial charge in [-0.3, -0.25) is 0 Å². The number of hydrogen-bond donors (Lipinski definition) is 0. The molecule has 2 aromatic carbocycles. The maximum absolute atomic E-state index is 14.8. The third-order valence-electron chi connectivity index (χ3n) is 5.98. The lowest BCUT2D eigenvalue weighted by molar-refractivity contribution is 0.428. The lowest BCUT2D eigenvalue weighted by atomic mass is 9.83. The van der Waals surface area contributed by atoms with Crippen molar-refractivity contribution in [2.24, 2.45) is 5.92 Å². The van der Waals surface area contributed by atoms with E-state index in [4.69, 9.17) is 11.6 Å². The van der Waals surface area contributed by atoms with Crippen LogP contribution in [0.15, 0.2) is 42.5 Å². The van der Waals surface area contributed by atoms with E-state index < -0.39 is 0 Å². The van der Waals surface area contributed by atoms with Gasteiger partial charge in [0.05, 0.1) is 5.02 Å². The van der Waals surface area contributed by atoms with Crippen molar-refractivity contribution in [3.63, 3.8) is 0 Å². The van der Waals surface area contributed by atoms with Gasteiger partial charge < -0.3 is 0 Å². The van der Waals surface area contributed by atoms with Crippen LogP contribution in [0, 0.1) is 11.7 Å². The van der Waals surface area contributed by atoms with Crippen LogP contribution in [-0.4, -0.2) is 0 Å². The van der Waals surface area contributed by atoms with Gasteiger partial charge in [0.1, 0.15) is 5.82 Å². The van der Waals surface area contributed by atoms with Crippen molar-refractivity contribution >= 4 is 17.2 Å². The van der Waals surface area contributed by atoms with E-state index in [1.54, 1.807) is 0 Å². The Morgan fingerprint density at radius 2 is 1.71 bits per heavy atom. The van der Waals surface area contributed by atoms with Crippen molar-refractivity contribution in [1.29, 1.82) is 0 Å². The summed E-state index contributed by atoms with van der Waals surface area (Å²) >= 11 is 6.25. The van der Waals surface area contributed by atoms with Crippen LogP contribution >= 0.6 is 11.6 Å². The van der Waals surface area contributed by atoms with Crippen LogP contribution in [0.4, 0.5) is 4.39 Å². The molecular weight excluding hydrogens is 367 g/mol. The minimum Gasteiger partial charge on any atom is -0.205 e. The second-order valence-electron chi connectivity index (χ2n) is 8.09. The SMILES string of the molecule is CCCCCC1CC=C(c2ccc(-c3ccc(CCC)c(Cl)c3F)cc2)CC1. The summed E-state index contributed by atoms with van der Waals surface area (Å²) in [6.45, 7) is 4.34. The van der Waals surface area contributed by atoms with Crippen LogP contribution in [-0.2, 0) is 6.42 Å². The van der Waals surface area contributed by atoms with E-state index in [9.17, 15) is 4.39 Å². The highest BCUT2D eigenvalue weighted by molar-refractivity contribution is 6.31. The number of benzene rings is 2. The zero-order valence-electron chi connectivity index (χ0n) is 17.2. The molecule has 0 saturated carbocycles. The number of aryl methyl sites for hydroxylation is 1. The quantitative estimate of drug-likeness (QED) is 0.389. The topological polar surface area (TPSA) is 0 Å². The van der Waals surface area contributed by atoms with E-state index >= 15 is 0 Å². The summed E-state index contributed by atoms with van der Waals surface area (Å²) in [6.07, 6.45) is 13.2.